The molecule has 2 atom stereocenters. The van der Waals surface area contributed by atoms with Crippen molar-refractivity contribution in [1.29, 1.82) is 0 Å². The first-order valence-corrected chi connectivity index (χ1v) is 7.80. The second-order valence-electron chi connectivity index (χ2n) is 5.63. The van der Waals surface area contributed by atoms with E-state index in [9.17, 15) is 0 Å². The molecule has 2 unspecified atom stereocenters. The second-order valence-corrected chi connectivity index (χ2v) is 6.97. The Hall–Kier alpha value is -0.510. The van der Waals surface area contributed by atoms with E-state index < -0.39 is 0 Å². The van der Waals surface area contributed by atoms with Gasteiger partial charge in [0.05, 0.1) is 0 Å². The lowest BCUT2D eigenvalue weighted by Gasteiger charge is -2.29. The van der Waals surface area contributed by atoms with Crippen LogP contribution in [-0.2, 0) is 6.42 Å². The molecule has 1 aliphatic heterocycles. The molecule has 0 saturated heterocycles. The Morgan fingerprint density at radius 2 is 2.17 bits per heavy atom. The average molecular weight is 262 g/mol. The van der Waals surface area contributed by atoms with Crippen LogP contribution in [0.1, 0.15) is 18.4 Å². The van der Waals surface area contributed by atoms with Crippen LogP contribution in [0.25, 0.3) is 0 Å². The van der Waals surface area contributed by atoms with Gasteiger partial charge in [0.25, 0.3) is 0 Å². The Morgan fingerprint density at radius 1 is 1.39 bits per heavy atom. The maximum Gasteiger partial charge on any atom is 0.0263 e. The van der Waals surface area contributed by atoms with Gasteiger partial charge in [-0.05, 0) is 43.9 Å². The highest BCUT2D eigenvalue weighted by Crippen LogP contribution is 2.39. The van der Waals surface area contributed by atoms with E-state index >= 15 is 0 Å². The first-order chi connectivity index (χ1) is 8.78. The van der Waals surface area contributed by atoms with E-state index in [4.69, 9.17) is 5.73 Å². The minimum Gasteiger partial charge on any atom is -0.329 e. The molecule has 0 spiro atoms. The minimum atomic E-state index is 0.606. The van der Waals surface area contributed by atoms with Crippen molar-refractivity contribution in [1.82, 2.24) is 4.90 Å². The lowest BCUT2D eigenvalue weighted by Crippen LogP contribution is -2.42. The van der Waals surface area contributed by atoms with Crippen molar-refractivity contribution in [3.63, 3.8) is 0 Å². The van der Waals surface area contributed by atoms with Crippen molar-refractivity contribution in [2.75, 3.05) is 20.1 Å². The number of rotatable bonds is 5. The normalized spacial score (nSPS) is 24.3. The van der Waals surface area contributed by atoms with Crippen molar-refractivity contribution in [3.05, 3.63) is 29.8 Å². The third kappa shape index (κ3) is 2.58. The number of thioether (sulfide) groups is 1. The van der Waals surface area contributed by atoms with Crippen molar-refractivity contribution in [2.24, 2.45) is 11.7 Å². The van der Waals surface area contributed by atoms with Gasteiger partial charge in [0, 0.05) is 29.3 Å². The number of nitrogens with two attached hydrogens (primary N) is 1. The summed E-state index contributed by atoms with van der Waals surface area (Å²) in [5.41, 5.74) is 7.45. The number of nitrogens with zero attached hydrogens (tertiary/aromatic N) is 1. The topological polar surface area (TPSA) is 29.3 Å². The molecule has 1 saturated carbocycles. The summed E-state index contributed by atoms with van der Waals surface area (Å²) in [4.78, 5) is 3.98. The summed E-state index contributed by atoms with van der Waals surface area (Å²) >= 11 is 2.04. The van der Waals surface area contributed by atoms with E-state index in [1.165, 1.54) is 29.7 Å². The van der Waals surface area contributed by atoms with Crippen LogP contribution >= 0.6 is 11.8 Å². The Bertz CT molecular complexity index is 392. The first kappa shape index (κ1) is 12.5. The van der Waals surface area contributed by atoms with Gasteiger partial charge in [0.1, 0.15) is 0 Å². The van der Waals surface area contributed by atoms with Crippen molar-refractivity contribution in [3.8, 4) is 0 Å². The molecular weight excluding hydrogens is 240 g/mol. The highest BCUT2D eigenvalue weighted by molar-refractivity contribution is 8.00. The van der Waals surface area contributed by atoms with Crippen molar-refractivity contribution in [2.45, 2.75) is 35.4 Å². The van der Waals surface area contributed by atoms with Gasteiger partial charge in [0.2, 0.25) is 0 Å². The van der Waals surface area contributed by atoms with Crippen LogP contribution in [0.5, 0.6) is 0 Å². The van der Waals surface area contributed by atoms with Gasteiger partial charge < -0.3 is 10.6 Å². The first-order valence-electron chi connectivity index (χ1n) is 6.93. The maximum atomic E-state index is 5.92. The van der Waals surface area contributed by atoms with Gasteiger partial charge in [-0.3, -0.25) is 0 Å². The quantitative estimate of drug-likeness (QED) is 0.883. The molecule has 0 radical (unpaired) electrons. The molecule has 3 heteroatoms. The fraction of sp³-hybridized carbons (Fsp3) is 0.600. The van der Waals surface area contributed by atoms with E-state index in [2.05, 4.69) is 36.2 Å². The molecule has 2 N–H and O–H groups in total. The lowest BCUT2D eigenvalue weighted by atomic mass is 10.1. The Morgan fingerprint density at radius 3 is 2.83 bits per heavy atom. The number of hydrogen-bond acceptors (Lipinski definition) is 3. The van der Waals surface area contributed by atoms with Crippen molar-refractivity contribution >= 4 is 11.8 Å². The molecule has 18 heavy (non-hydrogen) atoms. The van der Waals surface area contributed by atoms with Gasteiger partial charge in [0.15, 0.2) is 0 Å². The summed E-state index contributed by atoms with van der Waals surface area (Å²) in [6, 6.07) is 9.42. The predicted octanol–water partition coefficient (Wildman–Crippen LogP) is 2.37. The molecule has 1 aromatic rings. The monoisotopic (exact) mass is 262 g/mol. The predicted molar refractivity (Wildman–Crippen MR) is 78.0 cm³/mol. The van der Waals surface area contributed by atoms with Gasteiger partial charge >= 0.3 is 0 Å². The van der Waals surface area contributed by atoms with Gasteiger partial charge in [-0.15, -0.1) is 11.8 Å². The molecule has 98 valence electrons. The summed E-state index contributed by atoms with van der Waals surface area (Å²) in [6.45, 7) is 1.98. The largest absolute Gasteiger partial charge is 0.329 e. The number of hydrogen-bond donors (Lipinski definition) is 1. The highest BCUT2D eigenvalue weighted by atomic mass is 32.2. The summed E-state index contributed by atoms with van der Waals surface area (Å²) in [5.74, 6) is 0.869. The molecule has 1 heterocycles. The van der Waals surface area contributed by atoms with E-state index in [0.717, 1.165) is 19.0 Å². The zero-order valence-corrected chi connectivity index (χ0v) is 11.8. The van der Waals surface area contributed by atoms with E-state index in [1.54, 1.807) is 0 Å². The van der Waals surface area contributed by atoms with E-state index in [1.807, 2.05) is 11.8 Å². The lowest BCUT2D eigenvalue weighted by molar-refractivity contribution is 0.224. The molecular formula is C15H22N2S. The standard InChI is InChI=1S/C15H22N2S/c1-17(14(9-16)11-6-7-11)10-13-8-12-4-2-3-5-15(12)18-13/h2-5,11,13-14H,6-10,16H2,1H3. The molecule has 0 bridgehead atoms. The molecule has 2 aliphatic rings. The Labute approximate surface area is 114 Å². The van der Waals surface area contributed by atoms with E-state index in [-0.39, 0.29) is 0 Å². The number of benzene rings is 1. The molecule has 1 fully saturated rings. The highest BCUT2D eigenvalue weighted by Gasteiger charge is 2.34. The molecule has 2 nitrogen and oxygen atoms in total. The Balaban J connectivity index is 1.58. The molecule has 0 amide bonds. The molecule has 1 aromatic carbocycles. The third-order valence-electron chi connectivity index (χ3n) is 4.18. The number of fused-ring (bicyclic) bond motifs is 1. The maximum absolute atomic E-state index is 5.92. The summed E-state index contributed by atoms with van der Waals surface area (Å²) < 4.78 is 0. The van der Waals surface area contributed by atoms with Crippen LogP contribution in [0, 0.1) is 5.92 Å². The zero-order valence-electron chi connectivity index (χ0n) is 11.0. The molecule has 1 aliphatic carbocycles. The fourth-order valence-corrected chi connectivity index (χ4v) is 4.42. The summed E-state index contributed by atoms with van der Waals surface area (Å²) in [5, 5.41) is 0.709. The van der Waals surface area contributed by atoms with Crippen LogP contribution in [0.15, 0.2) is 29.2 Å². The summed E-state index contributed by atoms with van der Waals surface area (Å²) in [7, 11) is 2.25. The number of likely N-dealkylation sites (N-methyl/N-ethyl adjacent to an activating group) is 1. The van der Waals surface area contributed by atoms with Crippen LogP contribution in [0.4, 0.5) is 0 Å². The van der Waals surface area contributed by atoms with Gasteiger partial charge in [-0.25, -0.2) is 0 Å². The fourth-order valence-electron chi connectivity index (χ4n) is 3.03. The average Bonchev–Trinajstić information content (AvgIpc) is 3.09. The SMILES string of the molecule is CN(CC1Cc2ccccc2S1)C(CN)C1CC1. The zero-order chi connectivity index (χ0) is 12.5. The smallest absolute Gasteiger partial charge is 0.0263 e. The van der Waals surface area contributed by atoms with Crippen molar-refractivity contribution < 1.29 is 0 Å². The van der Waals surface area contributed by atoms with Crippen LogP contribution in [0.3, 0.4) is 0 Å². The van der Waals surface area contributed by atoms with Crippen LogP contribution in [-0.4, -0.2) is 36.3 Å². The third-order valence-corrected chi connectivity index (χ3v) is 5.48. The summed E-state index contributed by atoms with van der Waals surface area (Å²) in [6.07, 6.45) is 3.97. The van der Waals surface area contributed by atoms with Gasteiger partial charge in [-0.2, -0.15) is 0 Å². The molecule has 0 aromatic heterocycles. The van der Waals surface area contributed by atoms with E-state index in [0.29, 0.717) is 11.3 Å². The minimum absolute atomic E-state index is 0.606. The molecule has 3 rings (SSSR count). The van der Waals surface area contributed by atoms with Crippen LogP contribution < -0.4 is 5.73 Å². The van der Waals surface area contributed by atoms with Crippen LogP contribution in [0.2, 0.25) is 0 Å². The second kappa shape index (κ2) is 5.24. The Kier molecular flexibility index (Phi) is 3.64. The van der Waals surface area contributed by atoms with Gasteiger partial charge in [-0.1, -0.05) is 18.2 Å².